The molecule has 3 rings (SSSR count). The van der Waals surface area contributed by atoms with Crippen LogP contribution in [0.5, 0.6) is 0 Å². The summed E-state index contributed by atoms with van der Waals surface area (Å²) < 4.78 is 5.35. The maximum atomic E-state index is 12.9. The largest absolute Gasteiger partial charge is 0.462 e. The zero-order chi connectivity index (χ0) is 21.9. The second-order valence-corrected chi connectivity index (χ2v) is 6.56. The minimum atomic E-state index is -0.671. The van der Waals surface area contributed by atoms with Gasteiger partial charge in [-0.1, -0.05) is 64.3 Å². The molecule has 0 bridgehead atoms. The van der Waals surface area contributed by atoms with Gasteiger partial charge >= 0.3 is 5.97 Å². The highest BCUT2D eigenvalue weighted by molar-refractivity contribution is 6.29. The molecule has 30 heavy (non-hydrogen) atoms. The lowest BCUT2D eigenvalue weighted by molar-refractivity contribution is -0.138. The van der Waals surface area contributed by atoms with Crippen molar-refractivity contribution in [2.24, 2.45) is 9.98 Å². The average Bonchev–Trinajstić information content (AvgIpc) is 3.04. The number of nitrogens with zero attached hydrogens (tertiary/aromatic N) is 3. The minimum Gasteiger partial charge on any atom is -0.462 e. The van der Waals surface area contributed by atoms with Crippen molar-refractivity contribution in [3.8, 4) is 6.07 Å². The molecule has 0 atom stereocenters. The molecular weight excluding hydrogens is 378 g/mol. The van der Waals surface area contributed by atoms with Crippen LogP contribution in [0.4, 0.5) is 0 Å². The number of Topliss-reactive ketones (excluding diaryl/α,β-unsaturated/α-hetero) is 1. The Kier molecular flexibility index (Phi) is 8.89. The van der Waals surface area contributed by atoms with Crippen molar-refractivity contribution in [2.45, 2.75) is 46.5 Å². The fraction of sp³-hybridized carbons (Fsp3) is 0.375. The molecule has 0 saturated heterocycles. The van der Waals surface area contributed by atoms with Gasteiger partial charge in [0.25, 0.3) is 0 Å². The zero-order valence-electron chi connectivity index (χ0n) is 17.8. The van der Waals surface area contributed by atoms with Gasteiger partial charge < -0.3 is 4.74 Å². The molecule has 1 aromatic rings. The molecular formula is C24H27N3O3. The van der Waals surface area contributed by atoms with Gasteiger partial charge in [0.05, 0.1) is 13.2 Å². The summed E-state index contributed by atoms with van der Waals surface area (Å²) in [6, 6.07) is 8.95. The van der Waals surface area contributed by atoms with Crippen LogP contribution < -0.4 is 0 Å². The Labute approximate surface area is 177 Å². The van der Waals surface area contributed by atoms with Crippen molar-refractivity contribution < 1.29 is 14.3 Å². The van der Waals surface area contributed by atoms with E-state index in [0.29, 0.717) is 27.8 Å². The molecule has 6 nitrogen and oxygen atoms in total. The third kappa shape index (κ3) is 4.98. The minimum absolute atomic E-state index is 0.103. The number of rotatable bonds is 6. The maximum Gasteiger partial charge on any atom is 0.349 e. The number of aliphatic imine (C=N–C) groups is 2. The highest BCUT2D eigenvalue weighted by Gasteiger charge is 2.33. The van der Waals surface area contributed by atoms with Crippen LogP contribution >= 0.6 is 0 Å². The van der Waals surface area contributed by atoms with Crippen LogP contribution in [0, 0.1) is 11.3 Å². The summed E-state index contributed by atoms with van der Waals surface area (Å²) >= 11 is 0. The molecule has 1 aliphatic heterocycles. The molecule has 0 spiro atoms. The number of carbonyl (C=O) groups is 2. The Bertz CT molecular complexity index is 962. The van der Waals surface area contributed by atoms with E-state index >= 15 is 0 Å². The topological polar surface area (TPSA) is 91.9 Å². The van der Waals surface area contributed by atoms with Crippen LogP contribution in [-0.4, -0.2) is 37.5 Å². The zero-order valence-corrected chi connectivity index (χ0v) is 17.8. The van der Waals surface area contributed by atoms with Crippen LogP contribution in [0.15, 0.2) is 51.0 Å². The SMILES string of the molecule is CC.CCCCCCOC(=O)/C(C#N)=C1\C2=C(C=NC=NC2)C(=O)c2ccccc21. The molecule has 0 saturated carbocycles. The number of hydrogen-bond acceptors (Lipinski definition) is 6. The third-order valence-electron chi connectivity index (χ3n) is 4.71. The molecule has 1 aromatic carbocycles. The summed E-state index contributed by atoms with van der Waals surface area (Å²) in [6.07, 6.45) is 6.70. The Balaban J connectivity index is 0.00000155. The first-order valence-corrected chi connectivity index (χ1v) is 10.4. The number of esters is 1. The van der Waals surface area contributed by atoms with Crippen molar-refractivity contribution in [3.05, 3.63) is 52.1 Å². The number of fused-ring (bicyclic) bond motifs is 1. The second kappa shape index (κ2) is 11.6. The van der Waals surface area contributed by atoms with E-state index in [2.05, 4.69) is 16.9 Å². The van der Waals surface area contributed by atoms with E-state index in [9.17, 15) is 14.9 Å². The summed E-state index contributed by atoms with van der Waals surface area (Å²) in [5.41, 5.74) is 2.19. The van der Waals surface area contributed by atoms with Crippen molar-refractivity contribution in [1.29, 1.82) is 5.26 Å². The van der Waals surface area contributed by atoms with Crippen LogP contribution in [-0.2, 0) is 9.53 Å². The number of ketones is 1. The van der Waals surface area contributed by atoms with Crippen LogP contribution in [0.3, 0.4) is 0 Å². The number of benzene rings is 1. The summed E-state index contributed by atoms with van der Waals surface area (Å²) in [4.78, 5) is 33.7. The fourth-order valence-corrected chi connectivity index (χ4v) is 3.32. The van der Waals surface area contributed by atoms with Gasteiger partial charge in [-0.3, -0.25) is 9.79 Å². The molecule has 1 aliphatic carbocycles. The van der Waals surface area contributed by atoms with Gasteiger partial charge in [0.15, 0.2) is 5.78 Å². The highest BCUT2D eigenvalue weighted by Crippen LogP contribution is 2.37. The molecule has 0 fully saturated rings. The normalized spacial score (nSPS) is 15.9. The molecule has 0 amide bonds. The molecule has 0 N–H and O–H groups in total. The Hall–Kier alpha value is -3.33. The Morgan fingerprint density at radius 3 is 2.60 bits per heavy atom. The molecule has 0 radical (unpaired) electrons. The van der Waals surface area contributed by atoms with Gasteiger partial charge in [0, 0.05) is 22.9 Å². The number of carbonyl (C=O) groups excluding carboxylic acids is 2. The number of ether oxygens (including phenoxy) is 1. The molecule has 6 heteroatoms. The third-order valence-corrected chi connectivity index (χ3v) is 4.71. The number of allylic oxidation sites excluding steroid dienone is 1. The Morgan fingerprint density at radius 2 is 1.90 bits per heavy atom. The number of hydrogen-bond donors (Lipinski definition) is 0. The van der Waals surface area contributed by atoms with Gasteiger partial charge in [-0.15, -0.1) is 0 Å². The Morgan fingerprint density at radius 1 is 1.17 bits per heavy atom. The molecule has 0 aromatic heterocycles. The van der Waals surface area contributed by atoms with Crippen molar-refractivity contribution in [3.63, 3.8) is 0 Å². The van der Waals surface area contributed by atoms with Gasteiger partial charge in [-0.2, -0.15) is 5.26 Å². The molecule has 156 valence electrons. The monoisotopic (exact) mass is 405 g/mol. The first kappa shape index (κ1) is 23.0. The van der Waals surface area contributed by atoms with Crippen LogP contribution in [0.2, 0.25) is 0 Å². The van der Waals surface area contributed by atoms with E-state index in [1.165, 1.54) is 12.6 Å². The highest BCUT2D eigenvalue weighted by atomic mass is 16.5. The summed E-state index contributed by atoms with van der Waals surface area (Å²) in [5, 5.41) is 9.75. The van der Waals surface area contributed by atoms with E-state index in [0.717, 1.165) is 25.7 Å². The average molecular weight is 405 g/mol. The summed E-state index contributed by atoms with van der Waals surface area (Å²) in [7, 11) is 0. The van der Waals surface area contributed by atoms with E-state index < -0.39 is 5.97 Å². The van der Waals surface area contributed by atoms with Crippen molar-refractivity contribution in [1.82, 2.24) is 0 Å². The van der Waals surface area contributed by atoms with Gasteiger partial charge in [-0.25, -0.2) is 9.79 Å². The summed E-state index contributed by atoms with van der Waals surface area (Å²) in [5.74, 6) is -0.857. The fourth-order valence-electron chi connectivity index (χ4n) is 3.32. The predicted octanol–water partition coefficient (Wildman–Crippen LogP) is 4.72. The number of unbranched alkanes of at least 4 members (excludes halogenated alkanes) is 3. The first-order chi connectivity index (χ1) is 14.7. The van der Waals surface area contributed by atoms with E-state index in [1.807, 2.05) is 19.9 Å². The van der Waals surface area contributed by atoms with Gasteiger partial charge in [0.1, 0.15) is 18.0 Å². The van der Waals surface area contributed by atoms with Crippen LogP contribution in [0.25, 0.3) is 5.57 Å². The van der Waals surface area contributed by atoms with Crippen molar-refractivity contribution in [2.75, 3.05) is 13.2 Å². The van der Waals surface area contributed by atoms with Gasteiger partial charge in [-0.05, 0) is 17.6 Å². The molecule has 1 heterocycles. The molecule has 0 unspecified atom stereocenters. The predicted molar refractivity (Wildman–Crippen MR) is 119 cm³/mol. The lowest BCUT2D eigenvalue weighted by Gasteiger charge is -2.22. The maximum absolute atomic E-state index is 12.9. The van der Waals surface area contributed by atoms with E-state index in [1.54, 1.807) is 24.3 Å². The summed E-state index contributed by atoms with van der Waals surface area (Å²) in [6.45, 7) is 6.54. The smallest absolute Gasteiger partial charge is 0.349 e. The first-order valence-electron chi connectivity index (χ1n) is 10.4. The van der Waals surface area contributed by atoms with Gasteiger partial charge in [0.2, 0.25) is 0 Å². The van der Waals surface area contributed by atoms with Crippen molar-refractivity contribution >= 4 is 29.9 Å². The van der Waals surface area contributed by atoms with Crippen LogP contribution in [0.1, 0.15) is 62.4 Å². The second-order valence-electron chi connectivity index (χ2n) is 6.56. The lowest BCUT2D eigenvalue weighted by atomic mass is 9.79. The van der Waals surface area contributed by atoms with E-state index in [4.69, 9.17) is 4.74 Å². The quantitative estimate of drug-likeness (QED) is 0.296. The number of nitriles is 1. The standard InChI is InChI=1S/C22H21N3O3.C2H6/c1-2-3-4-7-10-28-22(27)17(11-23)20-15-8-5-6-9-16(15)21(26)19-13-25-14-24-12-18(19)20;1-2/h5-6,8-9,13-14H,2-4,7,10,12H2,1H3;1-2H3/b20-17-;. The lowest BCUT2D eigenvalue weighted by Crippen LogP contribution is -2.21. The van der Waals surface area contributed by atoms with E-state index in [-0.39, 0.29) is 24.5 Å². The molecule has 2 aliphatic rings.